The highest BCUT2D eigenvalue weighted by atomic mass is 32.2. The minimum Gasteiger partial charge on any atom is -0.353 e. The summed E-state index contributed by atoms with van der Waals surface area (Å²) in [5.74, 6) is 4.41. The highest BCUT2D eigenvalue weighted by Crippen LogP contribution is 2.09. The molecule has 1 aromatic heterocycles. The Bertz CT molecular complexity index is 552. The molecule has 7 heteroatoms. The molecule has 22 heavy (non-hydrogen) atoms. The van der Waals surface area contributed by atoms with Crippen molar-refractivity contribution in [3.05, 3.63) is 40.2 Å². The third-order valence-corrected chi connectivity index (χ3v) is 3.58. The summed E-state index contributed by atoms with van der Waals surface area (Å²) in [4.78, 5) is 18.7. The quantitative estimate of drug-likeness (QED) is 0.198. The number of nitrogens with zero attached hydrogens (tertiary/aromatic N) is 3. The number of pyridine rings is 1. The lowest BCUT2D eigenvalue weighted by Gasteiger charge is -2.20. The monoisotopic (exact) mass is 320 g/mol. The molecule has 1 rings (SSSR count). The predicted molar refractivity (Wildman–Crippen MR) is 90.6 cm³/mol. The average Bonchev–Trinajstić information content (AvgIpc) is 2.47. The van der Waals surface area contributed by atoms with Crippen LogP contribution in [0.2, 0.25) is 0 Å². The first-order valence-electron chi connectivity index (χ1n) is 6.81. The molecule has 0 aliphatic carbocycles. The van der Waals surface area contributed by atoms with Crippen LogP contribution < -0.4 is 5.32 Å². The van der Waals surface area contributed by atoms with Crippen LogP contribution in [0.4, 0.5) is 0 Å². The van der Waals surface area contributed by atoms with Gasteiger partial charge in [0.25, 0.3) is 6.54 Å². The zero-order chi connectivity index (χ0) is 16.4. The maximum Gasteiger partial charge on any atom is 0.259 e. The average molecular weight is 320 g/mol. The van der Waals surface area contributed by atoms with Gasteiger partial charge >= 0.3 is 0 Å². The van der Waals surface area contributed by atoms with E-state index >= 15 is 0 Å². The van der Waals surface area contributed by atoms with Crippen molar-refractivity contribution in [2.24, 2.45) is 4.99 Å². The lowest BCUT2D eigenvalue weighted by atomic mass is 10.1. The summed E-state index contributed by atoms with van der Waals surface area (Å²) in [6.07, 6.45) is 7.14. The Hall–Kier alpha value is -2.07. The molecular formula is C15H20N4O2S. The Morgan fingerprint density at radius 1 is 1.59 bits per heavy atom. The van der Waals surface area contributed by atoms with Gasteiger partial charge in [0.1, 0.15) is 0 Å². The molecule has 1 N–H and O–H groups in total. The summed E-state index contributed by atoms with van der Waals surface area (Å²) in [6.45, 7) is 3.70. The van der Waals surface area contributed by atoms with Crippen LogP contribution in [0.25, 0.3) is 0 Å². The first-order valence-corrected chi connectivity index (χ1v) is 7.97. The van der Waals surface area contributed by atoms with Crippen molar-refractivity contribution in [1.29, 1.82) is 0 Å². The molecule has 1 aromatic rings. The van der Waals surface area contributed by atoms with Crippen LogP contribution in [0, 0.1) is 22.5 Å². The van der Waals surface area contributed by atoms with Crippen molar-refractivity contribution in [2.45, 2.75) is 25.1 Å². The molecular weight excluding hydrogens is 300 g/mol. The number of aromatic nitrogens is 1. The maximum absolute atomic E-state index is 10.7. The van der Waals surface area contributed by atoms with Crippen molar-refractivity contribution < 1.29 is 4.92 Å². The first kappa shape index (κ1) is 18.0. The normalized spacial score (nSPS) is 11.8. The molecule has 0 aliphatic heterocycles. The van der Waals surface area contributed by atoms with E-state index in [4.69, 9.17) is 6.42 Å². The number of nitro groups is 1. The third kappa shape index (κ3) is 7.64. The Labute approximate surface area is 135 Å². The van der Waals surface area contributed by atoms with E-state index in [1.54, 1.807) is 31.8 Å². The van der Waals surface area contributed by atoms with Gasteiger partial charge in [0.2, 0.25) is 0 Å². The Kier molecular flexibility index (Phi) is 7.40. The molecule has 0 bridgehead atoms. The maximum atomic E-state index is 10.7. The van der Waals surface area contributed by atoms with Crippen molar-refractivity contribution in [3.63, 3.8) is 0 Å². The zero-order valence-corrected chi connectivity index (χ0v) is 13.6. The van der Waals surface area contributed by atoms with Gasteiger partial charge in [-0.25, -0.2) is 0 Å². The van der Waals surface area contributed by atoms with E-state index in [0.717, 1.165) is 17.2 Å². The molecule has 0 radical (unpaired) electrons. The minimum absolute atomic E-state index is 0.311. The highest BCUT2D eigenvalue weighted by Gasteiger charge is 2.18. The van der Waals surface area contributed by atoms with E-state index in [1.165, 1.54) is 0 Å². The Morgan fingerprint density at radius 2 is 2.36 bits per heavy atom. The predicted octanol–water partition coefficient (Wildman–Crippen LogP) is 1.99. The van der Waals surface area contributed by atoms with E-state index in [2.05, 4.69) is 21.2 Å². The molecule has 118 valence electrons. The fourth-order valence-electron chi connectivity index (χ4n) is 1.55. The summed E-state index contributed by atoms with van der Waals surface area (Å²) in [5.41, 5.74) is 0.351. The van der Waals surface area contributed by atoms with E-state index in [-0.39, 0.29) is 6.54 Å². The molecule has 0 unspecified atom stereocenters. The fraction of sp³-hybridized carbons (Fsp3) is 0.467. The number of hydrogen-bond acceptors (Lipinski definition) is 5. The lowest BCUT2D eigenvalue weighted by molar-refractivity contribution is -0.463. The molecule has 0 atom stereocenters. The molecule has 0 amide bonds. The standard InChI is InChI=1S/C15H20N4O2S/c1-4-15(2,3)18-14(11-19(20)21)17-9-10-22-12-13-7-5-6-8-16-13/h1,5-8H,9-12H2,2-3H3,(H,17,18). The molecule has 0 saturated carbocycles. The van der Waals surface area contributed by atoms with E-state index < -0.39 is 10.5 Å². The smallest absolute Gasteiger partial charge is 0.259 e. The van der Waals surface area contributed by atoms with Gasteiger partial charge in [-0.1, -0.05) is 12.0 Å². The topological polar surface area (TPSA) is 80.4 Å². The van der Waals surface area contributed by atoms with Crippen LogP contribution in [-0.2, 0) is 5.75 Å². The summed E-state index contributed by atoms with van der Waals surface area (Å²) in [7, 11) is 0. The fourth-order valence-corrected chi connectivity index (χ4v) is 2.30. The Morgan fingerprint density at radius 3 is 2.95 bits per heavy atom. The molecule has 1 heterocycles. The number of rotatable bonds is 8. The number of terminal acetylenes is 1. The van der Waals surface area contributed by atoms with Crippen molar-refractivity contribution in [3.8, 4) is 12.3 Å². The number of amidine groups is 1. The second kappa shape index (κ2) is 9.05. The number of aliphatic imine (C=N–C) groups is 1. The van der Waals surface area contributed by atoms with Crippen LogP contribution in [0.3, 0.4) is 0 Å². The van der Waals surface area contributed by atoms with Gasteiger partial charge in [0.05, 0.1) is 17.8 Å². The van der Waals surface area contributed by atoms with Gasteiger partial charge in [0, 0.05) is 22.6 Å². The SMILES string of the molecule is C#CC(C)(C)NC(C[N+](=O)[O-])=NCCSCc1ccccn1. The van der Waals surface area contributed by atoms with Gasteiger partial charge in [-0.2, -0.15) is 11.8 Å². The second-order valence-electron chi connectivity index (χ2n) is 5.09. The highest BCUT2D eigenvalue weighted by molar-refractivity contribution is 7.98. The molecule has 0 fully saturated rings. The molecule has 0 saturated heterocycles. The summed E-state index contributed by atoms with van der Waals surface area (Å²) >= 11 is 1.68. The van der Waals surface area contributed by atoms with Crippen molar-refractivity contribution in [1.82, 2.24) is 10.3 Å². The summed E-state index contributed by atoms with van der Waals surface area (Å²) in [6, 6.07) is 5.79. The van der Waals surface area contributed by atoms with E-state index in [9.17, 15) is 10.1 Å². The van der Waals surface area contributed by atoms with Crippen LogP contribution in [0.5, 0.6) is 0 Å². The van der Waals surface area contributed by atoms with Crippen molar-refractivity contribution >= 4 is 17.6 Å². The number of hydrogen-bond donors (Lipinski definition) is 1. The van der Waals surface area contributed by atoms with Crippen LogP contribution >= 0.6 is 11.8 Å². The zero-order valence-electron chi connectivity index (χ0n) is 12.8. The summed E-state index contributed by atoms with van der Waals surface area (Å²) < 4.78 is 0. The van der Waals surface area contributed by atoms with E-state index in [0.29, 0.717) is 12.4 Å². The first-order chi connectivity index (χ1) is 10.4. The van der Waals surface area contributed by atoms with Gasteiger partial charge in [-0.05, 0) is 26.0 Å². The molecule has 0 spiro atoms. The van der Waals surface area contributed by atoms with Gasteiger partial charge in [-0.3, -0.25) is 20.1 Å². The number of nitrogens with one attached hydrogen (secondary N) is 1. The third-order valence-electron chi connectivity index (χ3n) is 2.61. The largest absolute Gasteiger partial charge is 0.353 e. The number of thioether (sulfide) groups is 1. The molecule has 0 aliphatic rings. The van der Waals surface area contributed by atoms with Crippen molar-refractivity contribution in [2.75, 3.05) is 18.8 Å². The second-order valence-corrected chi connectivity index (χ2v) is 6.19. The van der Waals surface area contributed by atoms with Gasteiger partial charge in [0.15, 0.2) is 5.84 Å². The molecule has 0 aromatic carbocycles. The van der Waals surface area contributed by atoms with Gasteiger partial charge in [-0.15, -0.1) is 6.42 Å². The van der Waals surface area contributed by atoms with Gasteiger partial charge < -0.3 is 5.32 Å². The lowest BCUT2D eigenvalue weighted by Crippen LogP contribution is -2.45. The Balaban J connectivity index is 2.44. The molecule has 6 nitrogen and oxygen atoms in total. The van der Waals surface area contributed by atoms with E-state index in [1.807, 2.05) is 18.2 Å². The summed E-state index contributed by atoms with van der Waals surface area (Å²) in [5, 5.41) is 13.6. The van der Waals surface area contributed by atoms with Crippen LogP contribution in [-0.4, -0.2) is 40.1 Å². The van der Waals surface area contributed by atoms with Crippen LogP contribution in [0.1, 0.15) is 19.5 Å². The van der Waals surface area contributed by atoms with Crippen LogP contribution in [0.15, 0.2) is 29.4 Å². The minimum atomic E-state index is -0.657.